The van der Waals surface area contributed by atoms with Gasteiger partial charge in [0.2, 0.25) is 21.7 Å². The zero-order valence-electron chi connectivity index (χ0n) is 10.6. The molecule has 0 aliphatic rings. The quantitative estimate of drug-likeness (QED) is 0.630. The SMILES string of the molecule is CCS(=O)(=O)Nc1nc2cc(F)c([N+](=O)[O-])cc2[nH]c1=O. The van der Waals surface area contributed by atoms with Gasteiger partial charge in [0, 0.05) is 12.1 Å². The summed E-state index contributed by atoms with van der Waals surface area (Å²) in [5.41, 5.74) is -1.90. The van der Waals surface area contributed by atoms with Crippen LogP contribution in [0.4, 0.5) is 15.9 Å². The van der Waals surface area contributed by atoms with E-state index in [-0.39, 0.29) is 16.8 Å². The van der Waals surface area contributed by atoms with E-state index in [2.05, 4.69) is 9.97 Å². The molecule has 0 unspecified atom stereocenters. The van der Waals surface area contributed by atoms with Crippen LogP contribution in [0, 0.1) is 15.9 Å². The molecule has 0 aliphatic carbocycles. The fourth-order valence-corrected chi connectivity index (χ4v) is 2.10. The van der Waals surface area contributed by atoms with E-state index in [1.54, 1.807) is 0 Å². The van der Waals surface area contributed by atoms with Crippen molar-refractivity contribution in [2.75, 3.05) is 10.5 Å². The van der Waals surface area contributed by atoms with Crippen molar-refractivity contribution in [3.05, 3.63) is 38.4 Å². The lowest BCUT2D eigenvalue weighted by molar-refractivity contribution is -0.387. The van der Waals surface area contributed by atoms with Crippen molar-refractivity contribution in [1.29, 1.82) is 0 Å². The standard InChI is InChI=1S/C10H9FN4O5S/c1-2-21(19,20)14-9-10(16)13-7-4-8(15(17)18)5(11)3-6(7)12-9/h3-4H,2H2,1H3,(H,12,14)(H,13,16). The van der Waals surface area contributed by atoms with Crippen LogP contribution in [0.5, 0.6) is 0 Å². The number of anilines is 1. The van der Waals surface area contributed by atoms with Crippen LogP contribution in [0.2, 0.25) is 0 Å². The van der Waals surface area contributed by atoms with Gasteiger partial charge >= 0.3 is 5.69 Å². The average molecular weight is 316 g/mol. The van der Waals surface area contributed by atoms with Gasteiger partial charge in [-0.1, -0.05) is 0 Å². The number of rotatable bonds is 4. The third-order valence-electron chi connectivity index (χ3n) is 2.59. The smallest absolute Gasteiger partial charge is 0.307 e. The van der Waals surface area contributed by atoms with Crippen LogP contribution in [0.25, 0.3) is 11.0 Å². The molecular formula is C10H9FN4O5S. The largest absolute Gasteiger partial charge is 0.317 e. The number of nitrogens with zero attached hydrogens (tertiary/aromatic N) is 2. The van der Waals surface area contributed by atoms with Crippen molar-refractivity contribution >= 4 is 32.6 Å². The van der Waals surface area contributed by atoms with E-state index in [0.29, 0.717) is 0 Å². The van der Waals surface area contributed by atoms with Crippen LogP contribution in [0.3, 0.4) is 0 Å². The number of fused-ring (bicyclic) bond motifs is 1. The molecule has 0 amide bonds. The van der Waals surface area contributed by atoms with Crippen molar-refractivity contribution in [1.82, 2.24) is 9.97 Å². The summed E-state index contributed by atoms with van der Waals surface area (Å²) < 4.78 is 38.2. The number of H-pyrrole nitrogens is 1. The van der Waals surface area contributed by atoms with E-state index in [1.165, 1.54) is 6.92 Å². The number of nitrogens with one attached hydrogen (secondary N) is 2. The molecule has 0 radical (unpaired) electrons. The second-order valence-electron chi connectivity index (χ2n) is 4.00. The highest BCUT2D eigenvalue weighted by atomic mass is 32.2. The fourth-order valence-electron chi connectivity index (χ4n) is 1.53. The number of nitro groups is 1. The van der Waals surface area contributed by atoms with Crippen LogP contribution in [-0.2, 0) is 10.0 Å². The molecule has 1 aromatic heterocycles. The Morgan fingerprint density at radius 3 is 2.71 bits per heavy atom. The summed E-state index contributed by atoms with van der Waals surface area (Å²) in [6, 6.07) is 1.56. The number of aromatic nitrogens is 2. The lowest BCUT2D eigenvalue weighted by Crippen LogP contribution is -2.23. The Balaban J connectivity index is 2.64. The third kappa shape index (κ3) is 2.97. The van der Waals surface area contributed by atoms with Gasteiger partial charge in [-0.25, -0.2) is 13.4 Å². The molecule has 2 rings (SSSR count). The summed E-state index contributed by atoms with van der Waals surface area (Å²) in [6.07, 6.45) is 0. The van der Waals surface area contributed by atoms with E-state index in [1.807, 2.05) is 4.72 Å². The van der Waals surface area contributed by atoms with Gasteiger partial charge in [0.25, 0.3) is 5.56 Å². The number of hydrogen-bond acceptors (Lipinski definition) is 6. The normalized spacial score (nSPS) is 11.5. The van der Waals surface area contributed by atoms with Crippen LogP contribution in [0.15, 0.2) is 16.9 Å². The van der Waals surface area contributed by atoms with Crippen molar-refractivity contribution < 1.29 is 17.7 Å². The molecule has 11 heteroatoms. The second-order valence-corrected chi connectivity index (χ2v) is 6.01. The Morgan fingerprint density at radius 1 is 1.48 bits per heavy atom. The second kappa shape index (κ2) is 5.09. The maximum Gasteiger partial charge on any atom is 0.307 e. The first-order valence-corrected chi connectivity index (χ1v) is 7.27. The van der Waals surface area contributed by atoms with E-state index < -0.39 is 37.8 Å². The van der Waals surface area contributed by atoms with Gasteiger partial charge in [0.15, 0.2) is 0 Å². The van der Waals surface area contributed by atoms with Crippen LogP contribution in [0.1, 0.15) is 6.92 Å². The molecule has 2 aromatic rings. The van der Waals surface area contributed by atoms with Gasteiger partial charge in [0.1, 0.15) is 0 Å². The lowest BCUT2D eigenvalue weighted by atomic mass is 10.2. The number of hydrogen-bond donors (Lipinski definition) is 2. The predicted octanol–water partition coefficient (Wildman–Crippen LogP) is 0.732. The Hall–Kier alpha value is -2.56. The first-order chi connectivity index (χ1) is 9.73. The Kier molecular flexibility index (Phi) is 3.60. The van der Waals surface area contributed by atoms with Crippen molar-refractivity contribution in [3.63, 3.8) is 0 Å². The molecular weight excluding hydrogens is 307 g/mol. The summed E-state index contributed by atoms with van der Waals surface area (Å²) in [4.78, 5) is 27.2. The van der Waals surface area contributed by atoms with Gasteiger partial charge in [-0.15, -0.1) is 0 Å². The number of sulfonamides is 1. The Labute approximate surface area is 117 Å². The van der Waals surface area contributed by atoms with Crippen molar-refractivity contribution in [3.8, 4) is 0 Å². The first-order valence-electron chi connectivity index (χ1n) is 5.62. The minimum atomic E-state index is -3.73. The minimum Gasteiger partial charge on any atom is -0.317 e. The Bertz CT molecular complexity index is 892. The summed E-state index contributed by atoms with van der Waals surface area (Å²) in [6.45, 7) is 1.36. The number of aromatic amines is 1. The molecule has 0 fully saturated rings. The van der Waals surface area contributed by atoms with Crippen molar-refractivity contribution in [2.45, 2.75) is 6.92 Å². The molecule has 1 aromatic carbocycles. The molecule has 0 saturated heterocycles. The molecule has 2 N–H and O–H groups in total. The summed E-state index contributed by atoms with van der Waals surface area (Å²) in [5, 5.41) is 10.6. The first kappa shape index (κ1) is 14.8. The number of halogens is 1. The molecule has 0 atom stereocenters. The molecule has 0 saturated carbocycles. The highest BCUT2D eigenvalue weighted by molar-refractivity contribution is 7.92. The summed E-state index contributed by atoms with van der Waals surface area (Å²) in [5.74, 6) is -1.95. The third-order valence-corrected chi connectivity index (χ3v) is 3.85. The summed E-state index contributed by atoms with van der Waals surface area (Å²) in [7, 11) is -3.73. The van der Waals surface area contributed by atoms with E-state index in [9.17, 15) is 27.7 Å². The lowest BCUT2D eigenvalue weighted by Gasteiger charge is -2.05. The van der Waals surface area contributed by atoms with Gasteiger partial charge in [-0.2, -0.15) is 4.39 Å². The zero-order chi connectivity index (χ0) is 15.8. The minimum absolute atomic E-state index is 0.0763. The van der Waals surface area contributed by atoms with Gasteiger partial charge < -0.3 is 4.98 Å². The van der Waals surface area contributed by atoms with Crippen LogP contribution < -0.4 is 10.3 Å². The molecule has 0 bridgehead atoms. The van der Waals surface area contributed by atoms with Gasteiger partial charge in [0.05, 0.1) is 21.7 Å². The number of nitro benzene ring substituents is 1. The zero-order valence-corrected chi connectivity index (χ0v) is 11.4. The van der Waals surface area contributed by atoms with Gasteiger partial charge in [-0.3, -0.25) is 19.6 Å². The molecule has 21 heavy (non-hydrogen) atoms. The van der Waals surface area contributed by atoms with Crippen LogP contribution >= 0.6 is 0 Å². The number of benzene rings is 1. The molecule has 0 spiro atoms. The van der Waals surface area contributed by atoms with Gasteiger partial charge in [-0.05, 0) is 6.92 Å². The van der Waals surface area contributed by atoms with Crippen molar-refractivity contribution in [2.24, 2.45) is 0 Å². The van der Waals surface area contributed by atoms with Crippen LogP contribution in [-0.4, -0.2) is 29.1 Å². The molecule has 9 nitrogen and oxygen atoms in total. The summed E-state index contributed by atoms with van der Waals surface area (Å²) >= 11 is 0. The topological polar surface area (TPSA) is 135 Å². The predicted molar refractivity (Wildman–Crippen MR) is 72.1 cm³/mol. The van der Waals surface area contributed by atoms with E-state index >= 15 is 0 Å². The maximum atomic E-state index is 13.5. The molecule has 0 aliphatic heterocycles. The fraction of sp³-hybridized carbons (Fsp3) is 0.200. The molecule has 112 valence electrons. The highest BCUT2D eigenvalue weighted by Gasteiger charge is 2.18. The highest BCUT2D eigenvalue weighted by Crippen LogP contribution is 2.22. The van der Waals surface area contributed by atoms with E-state index in [4.69, 9.17) is 0 Å². The Morgan fingerprint density at radius 2 is 2.14 bits per heavy atom. The molecule has 1 heterocycles. The average Bonchev–Trinajstić information content (AvgIpc) is 2.39. The maximum absolute atomic E-state index is 13.5. The van der Waals surface area contributed by atoms with E-state index in [0.717, 1.165) is 12.1 Å². The monoisotopic (exact) mass is 316 g/mol.